The van der Waals surface area contributed by atoms with E-state index in [0.29, 0.717) is 12.2 Å². The minimum absolute atomic E-state index is 0.451. The molecule has 1 saturated heterocycles. The summed E-state index contributed by atoms with van der Waals surface area (Å²) in [5.74, 6) is -1.42. The number of carboxylic acids is 1. The Labute approximate surface area is 109 Å². The summed E-state index contributed by atoms with van der Waals surface area (Å²) in [5.41, 5.74) is -0.575. The molecule has 5 nitrogen and oxygen atoms in total. The van der Waals surface area contributed by atoms with Crippen LogP contribution in [0.25, 0.3) is 0 Å². The number of hydrogen-bond acceptors (Lipinski definition) is 3. The van der Waals surface area contributed by atoms with Gasteiger partial charge in [0.2, 0.25) is 0 Å². The van der Waals surface area contributed by atoms with Crippen LogP contribution in [0.1, 0.15) is 20.8 Å². The van der Waals surface area contributed by atoms with Gasteiger partial charge in [-0.3, -0.25) is 4.79 Å². The van der Waals surface area contributed by atoms with Crippen LogP contribution in [0.3, 0.4) is 0 Å². The van der Waals surface area contributed by atoms with E-state index in [4.69, 9.17) is 0 Å². The lowest BCUT2D eigenvalue weighted by Crippen LogP contribution is -2.49. The summed E-state index contributed by atoms with van der Waals surface area (Å²) >= 11 is 0. The molecule has 0 aromatic rings. The van der Waals surface area contributed by atoms with E-state index in [2.05, 4.69) is 13.1 Å². The topological polar surface area (TPSA) is 77.8 Å². The van der Waals surface area contributed by atoms with Gasteiger partial charge in [-0.1, -0.05) is 33.9 Å². The van der Waals surface area contributed by atoms with Crippen LogP contribution in [0.2, 0.25) is 19.1 Å². The van der Waals surface area contributed by atoms with Crippen LogP contribution in [0.4, 0.5) is 0 Å². The zero-order valence-corrected chi connectivity index (χ0v) is 12.7. The minimum atomic E-state index is -1.68. The van der Waals surface area contributed by atoms with Crippen LogP contribution in [0.5, 0.6) is 0 Å². The van der Waals surface area contributed by atoms with E-state index in [-0.39, 0.29) is 0 Å². The Morgan fingerprint density at radius 3 is 2.22 bits per heavy atom. The summed E-state index contributed by atoms with van der Waals surface area (Å²) in [7, 11) is -1.68. The predicted octanol–water partition coefficient (Wildman–Crippen LogP) is 0.936. The molecule has 1 aliphatic rings. The number of aliphatic carboxylic acids is 1. The smallest absolute Gasteiger partial charge is 0.326 e. The summed E-state index contributed by atoms with van der Waals surface area (Å²) in [4.78, 5) is 24.8. The van der Waals surface area contributed by atoms with Crippen LogP contribution >= 0.6 is 0 Å². The summed E-state index contributed by atoms with van der Waals surface area (Å²) in [6.07, 6.45) is -0.641. The van der Waals surface area contributed by atoms with E-state index in [1.54, 1.807) is 20.8 Å². The third-order valence-electron chi connectivity index (χ3n) is 3.34. The number of carboxylic acid groups (broad SMARTS) is 1. The van der Waals surface area contributed by atoms with Gasteiger partial charge < -0.3 is 15.1 Å². The average Bonchev–Trinajstić information content (AvgIpc) is 2.51. The van der Waals surface area contributed by atoms with Gasteiger partial charge in [0.15, 0.2) is 0 Å². The maximum absolute atomic E-state index is 12.2. The molecule has 0 radical (unpaired) electrons. The molecule has 1 heterocycles. The molecule has 18 heavy (non-hydrogen) atoms. The van der Waals surface area contributed by atoms with Gasteiger partial charge in [0.05, 0.1) is 8.07 Å². The monoisotopic (exact) mass is 273 g/mol. The van der Waals surface area contributed by atoms with E-state index < -0.39 is 37.5 Å². The number of rotatable bonds is 2. The molecule has 1 amide bonds. The van der Waals surface area contributed by atoms with Gasteiger partial charge in [0, 0.05) is 6.17 Å². The number of aliphatic hydroxyl groups is 1. The van der Waals surface area contributed by atoms with Crippen LogP contribution in [0, 0.1) is 5.41 Å². The van der Waals surface area contributed by atoms with E-state index >= 15 is 0 Å². The second-order valence-corrected chi connectivity index (χ2v) is 12.0. The second-order valence-electron chi connectivity index (χ2n) is 6.96. The number of nitrogens with zero attached hydrogens (tertiary/aromatic N) is 1. The third-order valence-corrected chi connectivity index (χ3v) is 6.03. The SMILES string of the molecule is CC(C)(C)[C@@H](O)C(=O)N1C[Si](C)(C)C[C@H]1C(=O)O. The van der Waals surface area contributed by atoms with Crippen molar-refractivity contribution < 1.29 is 19.8 Å². The van der Waals surface area contributed by atoms with E-state index in [1.807, 2.05) is 0 Å². The fraction of sp³-hybridized carbons (Fsp3) is 0.833. The molecule has 1 fully saturated rings. The maximum atomic E-state index is 12.2. The number of aliphatic hydroxyl groups excluding tert-OH is 1. The highest BCUT2D eigenvalue weighted by atomic mass is 28.3. The van der Waals surface area contributed by atoms with Crippen molar-refractivity contribution >= 4 is 20.0 Å². The van der Waals surface area contributed by atoms with Crippen LogP contribution < -0.4 is 0 Å². The lowest BCUT2D eigenvalue weighted by atomic mass is 9.88. The van der Waals surface area contributed by atoms with Crippen molar-refractivity contribution in [1.82, 2.24) is 4.90 Å². The zero-order valence-electron chi connectivity index (χ0n) is 11.7. The number of amides is 1. The third kappa shape index (κ3) is 3.11. The molecule has 0 spiro atoms. The van der Waals surface area contributed by atoms with Gasteiger partial charge >= 0.3 is 5.97 Å². The Kier molecular flexibility index (Phi) is 3.93. The molecule has 0 aromatic heterocycles. The fourth-order valence-electron chi connectivity index (χ4n) is 2.25. The van der Waals surface area contributed by atoms with Crippen molar-refractivity contribution in [2.24, 2.45) is 5.41 Å². The summed E-state index contributed by atoms with van der Waals surface area (Å²) in [5, 5.41) is 19.2. The number of hydrogen-bond donors (Lipinski definition) is 2. The highest BCUT2D eigenvalue weighted by Crippen LogP contribution is 2.30. The first-order chi connectivity index (χ1) is 7.96. The Bertz CT molecular complexity index is 362. The molecule has 0 aromatic carbocycles. The summed E-state index contributed by atoms with van der Waals surface area (Å²) < 4.78 is 0. The minimum Gasteiger partial charge on any atom is -0.480 e. The van der Waals surface area contributed by atoms with Crippen molar-refractivity contribution in [2.45, 2.75) is 52.1 Å². The maximum Gasteiger partial charge on any atom is 0.326 e. The molecule has 0 aliphatic carbocycles. The second kappa shape index (κ2) is 4.66. The molecule has 0 unspecified atom stereocenters. The fourth-order valence-corrected chi connectivity index (χ4v) is 5.12. The normalized spacial score (nSPS) is 25.0. The Morgan fingerprint density at radius 1 is 1.33 bits per heavy atom. The molecule has 1 rings (SSSR count). The first kappa shape index (κ1) is 15.2. The molecule has 2 atom stereocenters. The van der Waals surface area contributed by atoms with E-state index in [9.17, 15) is 19.8 Å². The Hall–Kier alpha value is -0.883. The standard InChI is InChI=1S/C12H23NO4Si/c1-12(2,3)9(14)10(15)13-7-18(4,5)6-8(13)11(16)17/h8-9,14H,6-7H2,1-5H3,(H,16,17)/t8-,9-/m0/s1. The van der Waals surface area contributed by atoms with Crippen molar-refractivity contribution in [1.29, 1.82) is 0 Å². The summed E-state index contributed by atoms with van der Waals surface area (Å²) in [6, 6.07) is -0.207. The molecule has 0 saturated carbocycles. The molecular weight excluding hydrogens is 250 g/mol. The van der Waals surface area contributed by atoms with Crippen LogP contribution in [0.15, 0.2) is 0 Å². The molecule has 104 valence electrons. The van der Waals surface area contributed by atoms with Crippen molar-refractivity contribution in [3.8, 4) is 0 Å². The highest BCUT2D eigenvalue weighted by Gasteiger charge is 2.47. The number of carbonyl (C=O) groups excluding carboxylic acids is 1. The summed E-state index contributed by atoms with van der Waals surface area (Å²) in [6.45, 7) is 9.44. The molecule has 2 N–H and O–H groups in total. The van der Waals surface area contributed by atoms with Gasteiger partial charge in [-0.25, -0.2) is 4.79 Å². The van der Waals surface area contributed by atoms with Crippen molar-refractivity contribution in [3.05, 3.63) is 0 Å². The lowest BCUT2D eigenvalue weighted by Gasteiger charge is -2.31. The quantitative estimate of drug-likeness (QED) is 0.734. The largest absolute Gasteiger partial charge is 0.480 e. The first-order valence-corrected chi connectivity index (χ1v) is 9.58. The Balaban J connectivity index is 2.94. The number of carbonyl (C=O) groups is 2. The molecule has 0 bridgehead atoms. The first-order valence-electron chi connectivity index (χ1n) is 6.17. The van der Waals surface area contributed by atoms with E-state index in [0.717, 1.165) is 0 Å². The Morgan fingerprint density at radius 2 is 1.83 bits per heavy atom. The average molecular weight is 273 g/mol. The highest BCUT2D eigenvalue weighted by molar-refractivity contribution is 6.79. The predicted molar refractivity (Wildman–Crippen MR) is 70.9 cm³/mol. The van der Waals surface area contributed by atoms with Crippen LogP contribution in [-0.2, 0) is 9.59 Å². The molecule has 1 aliphatic heterocycles. The van der Waals surface area contributed by atoms with Gasteiger partial charge in [0.1, 0.15) is 12.1 Å². The zero-order chi connectivity index (χ0) is 14.3. The van der Waals surface area contributed by atoms with Gasteiger partial charge in [0.25, 0.3) is 5.91 Å². The van der Waals surface area contributed by atoms with Crippen molar-refractivity contribution in [2.75, 3.05) is 6.17 Å². The lowest BCUT2D eigenvalue weighted by molar-refractivity contribution is -0.154. The van der Waals surface area contributed by atoms with Gasteiger partial charge in [-0.05, 0) is 11.5 Å². The van der Waals surface area contributed by atoms with Gasteiger partial charge in [-0.15, -0.1) is 0 Å². The van der Waals surface area contributed by atoms with Crippen molar-refractivity contribution in [3.63, 3.8) is 0 Å². The molecular formula is C12H23NO4Si. The molecule has 6 heteroatoms. The van der Waals surface area contributed by atoms with Gasteiger partial charge in [-0.2, -0.15) is 0 Å². The van der Waals surface area contributed by atoms with E-state index in [1.165, 1.54) is 4.90 Å². The van der Waals surface area contributed by atoms with Crippen LogP contribution in [-0.4, -0.2) is 53.4 Å².